The number of thiocarbonyl (C=S) groups is 1. The van der Waals surface area contributed by atoms with Crippen molar-refractivity contribution in [2.75, 3.05) is 18.6 Å². The number of nitrogens with zero attached hydrogens (tertiary/aromatic N) is 1. The highest BCUT2D eigenvalue weighted by Gasteiger charge is 2.33. The zero-order valence-corrected chi connectivity index (χ0v) is 15.9. The molecular weight excluding hydrogens is 385 g/mol. The van der Waals surface area contributed by atoms with Crippen molar-refractivity contribution in [2.45, 2.75) is 0 Å². The molecule has 2 aromatic rings. The molecule has 1 amide bonds. The third-order valence-electron chi connectivity index (χ3n) is 3.66. The highest BCUT2D eigenvalue weighted by Crippen LogP contribution is 2.37. The van der Waals surface area contributed by atoms with Crippen molar-refractivity contribution in [1.82, 2.24) is 0 Å². The summed E-state index contributed by atoms with van der Waals surface area (Å²) < 4.78 is 24.5. The molecule has 0 atom stereocenters. The number of amides is 1. The zero-order valence-electron chi connectivity index (χ0n) is 14.3. The van der Waals surface area contributed by atoms with Gasteiger partial charge in [-0.15, -0.1) is 6.42 Å². The number of carbonyl (C=O) groups excluding carboxylic acids is 1. The summed E-state index contributed by atoms with van der Waals surface area (Å²) in [4.78, 5) is 14.5. The Morgan fingerprint density at radius 2 is 2.11 bits per heavy atom. The number of thioether (sulfide) groups is 1. The van der Waals surface area contributed by atoms with Crippen LogP contribution in [0.25, 0.3) is 6.08 Å². The van der Waals surface area contributed by atoms with Gasteiger partial charge in [-0.05, 0) is 42.0 Å². The molecule has 2 aromatic carbocycles. The maximum Gasteiger partial charge on any atom is 0.270 e. The van der Waals surface area contributed by atoms with Crippen LogP contribution in [0.1, 0.15) is 5.56 Å². The van der Waals surface area contributed by atoms with Crippen molar-refractivity contribution in [1.29, 1.82) is 0 Å². The van der Waals surface area contributed by atoms with Crippen molar-refractivity contribution < 1.29 is 18.7 Å². The van der Waals surface area contributed by atoms with Gasteiger partial charge in [-0.2, -0.15) is 0 Å². The Bertz CT molecular complexity index is 981. The number of benzene rings is 2. The van der Waals surface area contributed by atoms with E-state index in [1.807, 2.05) is 0 Å². The molecule has 27 heavy (non-hydrogen) atoms. The predicted molar refractivity (Wildman–Crippen MR) is 109 cm³/mol. The Morgan fingerprint density at radius 3 is 2.81 bits per heavy atom. The fourth-order valence-corrected chi connectivity index (χ4v) is 3.77. The summed E-state index contributed by atoms with van der Waals surface area (Å²) in [5.74, 6) is 2.67. The number of ether oxygens (including phenoxy) is 2. The molecule has 7 heteroatoms. The number of methoxy groups -OCH3 is 1. The smallest absolute Gasteiger partial charge is 0.270 e. The normalized spacial score (nSPS) is 15.1. The van der Waals surface area contributed by atoms with Crippen LogP contribution in [0, 0.1) is 18.2 Å². The van der Waals surface area contributed by atoms with Crippen molar-refractivity contribution in [3.8, 4) is 23.8 Å². The lowest BCUT2D eigenvalue weighted by Crippen LogP contribution is -2.27. The fraction of sp³-hybridized carbons (Fsp3) is 0.100. The van der Waals surface area contributed by atoms with Gasteiger partial charge < -0.3 is 9.47 Å². The van der Waals surface area contributed by atoms with E-state index in [-0.39, 0.29) is 12.5 Å². The number of anilines is 1. The number of hydrogen-bond acceptors (Lipinski definition) is 5. The molecule has 0 unspecified atom stereocenters. The van der Waals surface area contributed by atoms with Gasteiger partial charge in [0, 0.05) is 0 Å². The predicted octanol–water partition coefficient (Wildman–Crippen LogP) is 4.25. The molecule has 1 aliphatic rings. The molecule has 3 rings (SSSR count). The topological polar surface area (TPSA) is 38.8 Å². The van der Waals surface area contributed by atoms with E-state index in [2.05, 4.69) is 5.92 Å². The molecule has 1 fully saturated rings. The molecule has 1 aliphatic heterocycles. The lowest BCUT2D eigenvalue weighted by molar-refractivity contribution is -0.113. The third-order valence-corrected chi connectivity index (χ3v) is 4.96. The number of carbonyl (C=O) groups is 1. The summed E-state index contributed by atoms with van der Waals surface area (Å²) in [5.41, 5.74) is 1.14. The molecule has 0 spiro atoms. The fourth-order valence-electron chi connectivity index (χ4n) is 2.47. The first-order valence-electron chi connectivity index (χ1n) is 7.81. The molecule has 0 radical (unpaired) electrons. The van der Waals surface area contributed by atoms with Gasteiger partial charge in [0.05, 0.1) is 17.7 Å². The average molecular weight is 399 g/mol. The summed E-state index contributed by atoms with van der Waals surface area (Å²) in [6.45, 7) is 0.127. The Hall–Kier alpha value is -2.82. The first-order valence-corrected chi connectivity index (χ1v) is 9.04. The van der Waals surface area contributed by atoms with Crippen LogP contribution in [0.15, 0.2) is 47.4 Å². The van der Waals surface area contributed by atoms with E-state index in [0.717, 1.165) is 17.3 Å². The van der Waals surface area contributed by atoms with Crippen molar-refractivity contribution in [3.05, 3.63) is 58.8 Å². The van der Waals surface area contributed by atoms with E-state index in [0.29, 0.717) is 26.4 Å². The minimum absolute atomic E-state index is 0.127. The second kappa shape index (κ2) is 8.25. The van der Waals surface area contributed by atoms with Gasteiger partial charge in [0.1, 0.15) is 12.4 Å². The zero-order chi connectivity index (χ0) is 19.4. The van der Waals surface area contributed by atoms with Crippen molar-refractivity contribution in [3.63, 3.8) is 0 Å². The van der Waals surface area contributed by atoms with Crippen LogP contribution in [0.2, 0.25) is 0 Å². The quantitative estimate of drug-likeness (QED) is 0.427. The highest BCUT2D eigenvalue weighted by atomic mass is 32.2. The SMILES string of the molecule is C#CCOc1ccc(/C=C2/SC(=S)N(c3cccc(F)c3)C2=O)cc1OC. The number of rotatable bonds is 5. The summed E-state index contributed by atoms with van der Waals surface area (Å²) >= 11 is 6.45. The van der Waals surface area contributed by atoms with E-state index < -0.39 is 5.82 Å². The second-order valence-electron chi connectivity index (χ2n) is 5.40. The molecule has 1 saturated heterocycles. The largest absolute Gasteiger partial charge is 0.493 e. The van der Waals surface area contributed by atoms with Gasteiger partial charge in [-0.25, -0.2) is 4.39 Å². The summed E-state index contributed by atoms with van der Waals surface area (Å²) in [6.07, 6.45) is 6.90. The molecular formula is C20H14FNO3S2. The maximum absolute atomic E-state index is 13.5. The third kappa shape index (κ3) is 4.13. The molecule has 1 heterocycles. The summed E-state index contributed by atoms with van der Waals surface area (Å²) in [7, 11) is 1.52. The van der Waals surface area contributed by atoms with Gasteiger partial charge in [-0.3, -0.25) is 9.69 Å². The van der Waals surface area contributed by atoms with Gasteiger partial charge >= 0.3 is 0 Å². The highest BCUT2D eigenvalue weighted by molar-refractivity contribution is 8.27. The second-order valence-corrected chi connectivity index (χ2v) is 7.08. The molecule has 0 saturated carbocycles. The van der Waals surface area contributed by atoms with Crippen LogP contribution < -0.4 is 14.4 Å². The van der Waals surface area contributed by atoms with E-state index >= 15 is 0 Å². The number of hydrogen-bond donors (Lipinski definition) is 0. The van der Waals surface area contributed by atoms with Gasteiger partial charge in [0.2, 0.25) is 0 Å². The molecule has 0 aromatic heterocycles. The maximum atomic E-state index is 13.5. The number of terminal acetylenes is 1. The lowest BCUT2D eigenvalue weighted by atomic mass is 10.2. The summed E-state index contributed by atoms with van der Waals surface area (Å²) in [6, 6.07) is 11.0. The van der Waals surface area contributed by atoms with Crippen LogP contribution in [0.4, 0.5) is 10.1 Å². The Balaban J connectivity index is 1.88. The summed E-state index contributed by atoms with van der Waals surface area (Å²) in [5, 5.41) is 0. The number of halogens is 1. The Kier molecular flexibility index (Phi) is 5.79. The standard InChI is InChI=1S/C20H14FNO3S2/c1-3-9-25-16-8-7-13(10-17(16)24-2)11-18-19(23)22(20(26)27-18)15-6-4-5-14(21)12-15/h1,4-8,10-12H,9H2,2H3/b18-11+. The van der Waals surface area contributed by atoms with Crippen molar-refractivity contribution in [2.24, 2.45) is 0 Å². The van der Waals surface area contributed by atoms with Crippen LogP contribution >= 0.6 is 24.0 Å². The first-order chi connectivity index (χ1) is 13.0. The minimum atomic E-state index is -0.433. The van der Waals surface area contributed by atoms with Gasteiger partial charge in [-0.1, -0.05) is 42.0 Å². The van der Waals surface area contributed by atoms with Gasteiger partial charge in [0.15, 0.2) is 15.8 Å². The minimum Gasteiger partial charge on any atom is -0.493 e. The Labute approximate surface area is 166 Å². The molecule has 0 N–H and O–H groups in total. The van der Waals surface area contributed by atoms with Crippen molar-refractivity contribution >= 4 is 46.0 Å². The Morgan fingerprint density at radius 1 is 1.30 bits per heavy atom. The molecule has 0 aliphatic carbocycles. The van der Waals surface area contributed by atoms with Crippen LogP contribution in [0.5, 0.6) is 11.5 Å². The van der Waals surface area contributed by atoms with Gasteiger partial charge in [0.25, 0.3) is 5.91 Å². The van der Waals surface area contributed by atoms with E-state index in [4.69, 9.17) is 28.1 Å². The van der Waals surface area contributed by atoms with E-state index in [9.17, 15) is 9.18 Å². The van der Waals surface area contributed by atoms with Crippen LogP contribution in [0.3, 0.4) is 0 Å². The van der Waals surface area contributed by atoms with Crippen LogP contribution in [-0.2, 0) is 4.79 Å². The molecule has 4 nitrogen and oxygen atoms in total. The van der Waals surface area contributed by atoms with E-state index in [1.165, 1.54) is 30.2 Å². The monoisotopic (exact) mass is 399 g/mol. The van der Waals surface area contributed by atoms with Crippen LogP contribution in [-0.4, -0.2) is 23.9 Å². The lowest BCUT2D eigenvalue weighted by Gasteiger charge is -2.14. The average Bonchev–Trinajstić information content (AvgIpc) is 2.93. The first kappa shape index (κ1) is 19.0. The molecule has 136 valence electrons. The van der Waals surface area contributed by atoms with E-state index in [1.54, 1.807) is 30.3 Å². The molecule has 0 bridgehead atoms.